The molecule has 0 aromatic rings. The number of carbonyl (C=O) groups is 1. The second-order valence-electron chi connectivity index (χ2n) is 3.66. The Hall–Kier alpha value is -0.370. The molecule has 0 aromatic heterocycles. The van der Waals surface area contributed by atoms with E-state index in [2.05, 4.69) is 0 Å². The first-order chi connectivity index (χ1) is 4.44. The molecule has 1 atom stereocenters. The van der Waals surface area contributed by atoms with Gasteiger partial charge >= 0.3 is 0 Å². The van der Waals surface area contributed by atoms with Crippen LogP contribution in [0.25, 0.3) is 0 Å². The first kappa shape index (κ1) is 7.73. The summed E-state index contributed by atoms with van der Waals surface area (Å²) in [4.78, 5) is 11.0. The van der Waals surface area contributed by atoms with E-state index < -0.39 is 0 Å². The van der Waals surface area contributed by atoms with Crippen LogP contribution in [0, 0.1) is 5.41 Å². The van der Waals surface area contributed by atoms with Gasteiger partial charge in [0.05, 0.1) is 11.0 Å². The number of hydrogen-bond donors (Lipinski definition) is 0. The van der Waals surface area contributed by atoms with Crippen LogP contribution in [-0.2, 0) is 9.53 Å². The molecule has 0 spiro atoms. The lowest BCUT2D eigenvalue weighted by Crippen LogP contribution is -2.60. The highest BCUT2D eigenvalue weighted by molar-refractivity contribution is 5.93. The van der Waals surface area contributed by atoms with Crippen LogP contribution in [-0.4, -0.2) is 18.5 Å². The summed E-state index contributed by atoms with van der Waals surface area (Å²) in [6.07, 6.45) is 0.566. The molecule has 0 radical (unpaired) electrons. The maximum atomic E-state index is 11.0. The van der Waals surface area contributed by atoms with Gasteiger partial charge < -0.3 is 4.74 Å². The van der Waals surface area contributed by atoms with Gasteiger partial charge in [0.1, 0.15) is 5.78 Å². The second-order valence-corrected chi connectivity index (χ2v) is 3.66. The maximum Gasteiger partial charge on any atom is 0.144 e. The Bertz CT molecular complexity index is 172. The molecule has 10 heavy (non-hydrogen) atoms. The van der Waals surface area contributed by atoms with E-state index in [-0.39, 0.29) is 11.0 Å². The first-order valence-electron chi connectivity index (χ1n) is 3.52. The predicted octanol–water partition coefficient (Wildman–Crippen LogP) is 1.39. The minimum Gasteiger partial charge on any atom is -0.377 e. The van der Waals surface area contributed by atoms with E-state index in [0.717, 1.165) is 0 Å². The maximum absolute atomic E-state index is 11.0. The number of carbonyl (C=O) groups excluding carboxylic acids is 1. The number of hydrogen-bond acceptors (Lipinski definition) is 2. The van der Waals surface area contributed by atoms with Crippen LogP contribution in [0.4, 0.5) is 0 Å². The largest absolute Gasteiger partial charge is 0.377 e. The van der Waals surface area contributed by atoms with Gasteiger partial charge in [0.15, 0.2) is 0 Å². The van der Waals surface area contributed by atoms with E-state index in [1.54, 1.807) is 7.11 Å². The fraction of sp³-hybridized carbons (Fsp3) is 0.875. The van der Waals surface area contributed by atoms with Gasteiger partial charge in [-0.25, -0.2) is 0 Å². The molecule has 1 fully saturated rings. The SMILES string of the molecule is CO[C@]1(C)CC(=O)C1(C)C. The normalized spacial score (nSPS) is 37.4. The van der Waals surface area contributed by atoms with Crippen LogP contribution in [0.15, 0.2) is 0 Å². The van der Waals surface area contributed by atoms with E-state index in [0.29, 0.717) is 12.2 Å². The molecule has 2 nitrogen and oxygen atoms in total. The van der Waals surface area contributed by atoms with Crippen molar-refractivity contribution in [2.45, 2.75) is 32.8 Å². The van der Waals surface area contributed by atoms with Crippen LogP contribution in [0.2, 0.25) is 0 Å². The number of ketones is 1. The standard InChI is InChI=1S/C8H14O2/c1-7(2)6(9)5-8(7,3)10-4/h5H2,1-4H3/t8-/m1/s1. The molecule has 0 unspecified atom stereocenters. The van der Waals surface area contributed by atoms with Gasteiger partial charge in [-0.15, -0.1) is 0 Å². The van der Waals surface area contributed by atoms with E-state index in [1.165, 1.54) is 0 Å². The average molecular weight is 142 g/mol. The molecular formula is C8H14O2. The van der Waals surface area contributed by atoms with E-state index in [9.17, 15) is 4.79 Å². The minimum absolute atomic E-state index is 0.218. The molecular weight excluding hydrogens is 128 g/mol. The highest BCUT2D eigenvalue weighted by atomic mass is 16.5. The van der Waals surface area contributed by atoms with Crippen molar-refractivity contribution in [3.63, 3.8) is 0 Å². The average Bonchev–Trinajstić information content (AvgIpc) is 1.88. The van der Waals surface area contributed by atoms with Gasteiger partial charge in [-0.1, -0.05) is 13.8 Å². The van der Waals surface area contributed by atoms with Crippen molar-refractivity contribution in [2.24, 2.45) is 5.41 Å². The molecule has 58 valence electrons. The highest BCUT2D eigenvalue weighted by Gasteiger charge is 2.57. The topological polar surface area (TPSA) is 26.3 Å². The summed E-state index contributed by atoms with van der Waals surface area (Å²) in [6.45, 7) is 5.85. The number of Topliss-reactive ketones (excluding diaryl/α,β-unsaturated/α-hetero) is 1. The smallest absolute Gasteiger partial charge is 0.144 e. The molecule has 0 saturated heterocycles. The molecule has 0 bridgehead atoms. The van der Waals surface area contributed by atoms with Crippen molar-refractivity contribution >= 4 is 5.78 Å². The van der Waals surface area contributed by atoms with E-state index in [1.807, 2.05) is 20.8 Å². The quantitative estimate of drug-likeness (QED) is 0.553. The molecule has 2 heteroatoms. The molecule has 0 aromatic carbocycles. The fourth-order valence-electron chi connectivity index (χ4n) is 1.26. The zero-order valence-electron chi connectivity index (χ0n) is 7.02. The second kappa shape index (κ2) is 1.82. The Morgan fingerprint density at radius 2 is 1.90 bits per heavy atom. The Morgan fingerprint density at radius 1 is 1.40 bits per heavy atom. The van der Waals surface area contributed by atoms with Gasteiger partial charge in [0.25, 0.3) is 0 Å². The Morgan fingerprint density at radius 3 is 2.00 bits per heavy atom. The summed E-state index contributed by atoms with van der Waals surface area (Å²) in [5.41, 5.74) is -0.494. The summed E-state index contributed by atoms with van der Waals surface area (Å²) in [5.74, 6) is 0.303. The summed E-state index contributed by atoms with van der Waals surface area (Å²) < 4.78 is 5.24. The van der Waals surface area contributed by atoms with Crippen molar-refractivity contribution in [1.29, 1.82) is 0 Å². The Balaban J connectivity index is 2.80. The van der Waals surface area contributed by atoms with Crippen LogP contribution >= 0.6 is 0 Å². The highest BCUT2D eigenvalue weighted by Crippen LogP contribution is 2.47. The number of ether oxygens (including phenoxy) is 1. The molecule has 1 aliphatic rings. The van der Waals surface area contributed by atoms with Crippen molar-refractivity contribution < 1.29 is 9.53 Å². The van der Waals surface area contributed by atoms with Crippen molar-refractivity contribution in [3.8, 4) is 0 Å². The Kier molecular flexibility index (Phi) is 1.40. The van der Waals surface area contributed by atoms with Crippen LogP contribution in [0.1, 0.15) is 27.2 Å². The summed E-state index contributed by atoms with van der Waals surface area (Å²) >= 11 is 0. The molecule has 0 aliphatic heterocycles. The van der Waals surface area contributed by atoms with Crippen LogP contribution < -0.4 is 0 Å². The van der Waals surface area contributed by atoms with Gasteiger partial charge in [0.2, 0.25) is 0 Å². The summed E-state index contributed by atoms with van der Waals surface area (Å²) in [5, 5.41) is 0. The molecule has 0 N–H and O–H groups in total. The monoisotopic (exact) mass is 142 g/mol. The van der Waals surface area contributed by atoms with Gasteiger partial charge in [-0.05, 0) is 6.92 Å². The van der Waals surface area contributed by atoms with Gasteiger partial charge in [0, 0.05) is 13.5 Å². The number of methoxy groups -OCH3 is 1. The Labute approximate surface area is 61.6 Å². The zero-order chi connectivity index (χ0) is 7.99. The third-order valence-electron chi connectivity index (χ3n) is 2.97. The molecule has 1 rings (SSSR count). The molecule has 1 saturated carbocycles. The van der Waals surface area contributed by atoms with E-state index >= 15 is 0 Å². The minimum atomic E-state index is -0.276. The summed E-state index contributed by atoms with van der Waals surface area (Å²) in [6, 6.07) is 0. The summed E-state index contributed by atoms with van der Waals surface area (Å²) in [7, 11) is 1.66. The fourth-order valence-corrected chi connectivity index (χ4v) is 1.26. The lowest BCUT2D eigenvalue weighted by atomic mass is 9.58. The third kappa shape index (κ3) is 0.655. The van der Waals surface area contributed by atoms with Crippen molar-refractivity contribution in [2.75, 3.05) is 7.11 Å². The van der Waals surface area contributed by atoms with Crippen LogP contribution in [0.5, 0.6) is 0 Å². The van der Waals surface area contributed by atoms with Gasteiger partial charge in [-0.3, -0.25) is 4.79 Å². The lowest BCUT2D eigenvalue weighted by molar-refractivity contribution is -0.179. The first-order valence-corrected chi connectivity index (χ1v) is 3.52. The van der Waals surface area contributed by atoms with Crippen molar-refractivity contribution in [3.05, 3.63) is 0 Å². The molecule has 1 aliphatic carbocycles. The third-order valence-corrected chi connectivity index (χ3v) is 2.97. The lowest BCUT2D eigenvalue weighted by Gasteiger charge is -2.50. The zero-order valence-corrected chi connectivity index (χ0v) is 7.02. The van der Waals surface area contributed by atoms with E-state index in [4.69, 9.17) is 4.74 Å². The molecule has 0 heterocycles. The number of rotatable bonds is 1. The van der Waals surface area contributed by atoms with Crippen molar-refractivity contribution in [1.82, 2.24) is 0 Å². The predicted molar refractivity (Wildman–Crippen MR) is 38.8 cm³/mol. The van der Waals surface area contributed by atoms with Crippen LogP contribution in [0.3, 0.4) is 0 Å². The molecule has 0 amide bonds. The van der Waals surface area contributed by atoms with Gasteiger partial charge in [-0.2, -0.15) is 0 Å².